The molecule has 0 saturated carbocycles. The predicted molar refractivity (Wildman–Crippen MR) is 136 cm³/mol. The zero-order chi connectivity index (χ0) is 25.9. The van der Waals surface area contributed by atoms with Gasteiger partial charge < -0.3 is 20.7 Å². The van der Waals surface area contributed by atoms with Gasteiger partial charge in [-0.1, -0.05) is 74.5 Å². The standard InChI is InChI=1S/C28H29N3O5/c1-19(2)17-29-27(34)22-15-9-10-16-23(22)30-24(32)18-36-28(35)25(20-11-5-3-6-12-20)31-26(33)21-13-7-4-8-14-21/h3-16,19,25H,17-18H2,1-2H3,(H,29,34)(H,30,32)(H,31,33). The highest BCUT2D eigenvalue weighted by Gasteiger charge is 2.25. The average Bonchev–Trinajstić information content (AvgIpc) is 2.90. The Morgan fingerprint density at radius 1 is 0.778 bits per heavy atom. The molecule has 3 amide bonds. The third-order valence-corrected chi connectivity index (χ3v) is 5.14. The summed E-state index contributed by atoms with van der Waals surface area (Å²) in [6, 6.07) is 22.6. The van der Waals surface area contributed by atoms with Gasteiger partial charge in [-0.05, 0) is 35.7 Å². The number of carbonyl (C=O) groups is 4. The van der Waals surface area contributed by atoms with Gasteiger partial charge in [0, 0.05) is 12.1 Å². The first-order chi connectivity index (χ1) is 17.3. The average molecular weight is 488 g/mol. The highest BCUT2D eigenvalue weighted by molar-refractivity contribution is 6.04. The Morgan fingerprint density at radius 3 is 2.06 bits per heavy atom. The van der Waals surface area contributed by atoms with Crippen LogP contribution < -0.4 is 16.0 Å². The van der Waals surface area contributed by atoms with Crippen LogP contribution in [0, 0.1) is 5.92 Å². The smallest absolute Gasteiger partial charge is 0.333 e. The molecule has 1 atom stereocenters. The number of benzene rings is 3. The second kappa shape index (κ2) is 12.9. The van der Waals surface area contributed by atoms with E-state index in [-0.39, 0.29) is 11.8 Å². The fourth-order valence-corrected chi connectivity index (χ4v) is 3.32. The summed E-state index contributed by atoms with van der Waals surface area (Å²) in [7, 11) is 0. The number of esters is 1. The van der Waals surface area contributed by atoms with Crippen molar-refractivity contribution in [1.29, 1.82) is 0 Å². The molecular weight excluding hydrogens is 458 g/mol. The Hall–Kier alpha value is -4.46. The molecule has 8 heteroatoms. The molecule has 3 aromatic carbocycles. The van der Waals surface area contributed by atoms with Crippen molar-refractivity contribution in [2.75, 3.05) is 18.5 Å². The molecule has 0 spiro atoms. The molecule has 0 aliphatic heterocycles. The highest BCUT2D eigenvalue weighted by atomic mass is 16.5. The van der Waals surface area contributed by atoms with E-state index in [2.05, 4.69) is 16.0 Å². The molecule has 3 aromatic rings. The molecule has 8 nitrogen and oxygen atoms in total. The van der Waals surface area contributed by atoms with Crippen LogP contribution in [0.4, 0.5) is 5.69 Å². The second-order valence-electron chi connectivity index (χ2n) is 8.49. The van der Waals surface area contributed by atoms with Crippen LogP contribution in [-0.2, 0) is 14.3 Å². The lowest BCUT2D eigenvalue weighted by Crippen LogP contribution is -2.36. The van der Waals surface area contributed by atoms with E-state index in [1.807, 2.05) is 13.8 Å². The minimum Gasteiger partial charge on any atom is -0.454 e. The quantitative estimate of drug-likeness (QED) is 0.377. The van der Waals surface area contributed by atoms with E-state index < -0.39 is 30.4 Å². The minimum atomic E-state index is -1.11. The van der Waals surface area contributed by atoms with Crippen LogP contribution in [-0.4, -0.2) is 36.8 Å². The third kappa shape index (κ3) is 7.53. The molecule has 0 saturated heterocycles. The molecule has 3 N–H and O–H groups in total. The molecule has 0 aliphatic carbocycles. The number of hydrogen-bond donors (Lipinski definition) is 3. The molecule has 0 radical (unpaired) electrons. The number of para-hydroxylation sites is 1. The zero-order valence-corrected chi connectivity index (χ0v) is 20.2. The maximum atomic E-state index is 12.9. The van der Waals surface area contributed by atoms with E-state index in [0.717, 1.165) is 0 Å². The van der Waals surface area contributed by atoms with Crippen molar-refractivity contribution in [3.63, 3.8) is 0 Å². The molecule has 0 aliphatic rings. The largest absolute Gasteiger partial charge is 0.454 e. The second-order valence-corrected chi connectivity index (χ2v) is 8.49. The first-order valence-electron chi connectivity index (χ1n) is 11.6. The van der Waals surface area contributed by atoms with E-state index in [0.29, 0.717) is 28.9 Å². The van der Waals surface area contributed by atoms with Gasteiger partial charge in [0.05, 0.1) is 11.3 Å². The maximum absolute atomic E-state index is 12.9. The highest BCUT2D eigenvalue weighted by Crippen LogP contribution is 2.17. The van der Waals surface area contributed by atoms with Gasteiger partial charge >= 0.3 is 5.97 Å². The first kappa shape index (κ1) is 26.2. The lowest BCUT2D eigenvalue weighted by molar-refractivity contribution is -0.149. The molecule has 0 fully saturated rings. The summed E-state index contributed by atoms with van der Waals surface area (Å²) in [6.45, 7) is 3.86. The number of carbonyl (C=O) groups excluding carboxylic acids is 4. The molecule has 0 aromatic heterocycles. The van der Waals surface area contributed by atoms with Crippen molar-refractivity contribution < 1.29 is 23.9 Å². The topological polar surface area (TPSA) is 114 Å². The van der Waals surface area contributed by atoms with Crippen molar-refractivity contribution in [2.45, 2.75) is 19.9 Å². The van der Waals surface area contributed by atoms with E-state index in [1.54, 1.807) is 84.9 Å². The number of ether oxygens (including phenoxy) is 1. The predicted octanol–water partition coefficient (Wildman–Crippen LogP) is 3.73. The van der Waals surface area contributed by atoms with Crippen LogP contribution in [0.2, 0.25) is 0 Å². The summed E-state index contributed by atoms with van der Waals surface area (Å²) in [5.74, 6) is -1.90. The molecule has 36 heavy (non-hydrogen) atoms. The number of rotatable bonds is 10. The van der Waals surface area contributed by atoms with Crippen molar-refractivity contribution in [3.8, 4) is 0 Å². The number of anilines is 1. The summed E-state index contributed by atoms with van der Waals surface area (Å²) < 4.78 is 5.24. The van der Waals surface area contributed by atoms with Crippen molar-refractivity contribution in [2.24, 2.45) is 5.92 Å². The number of hydrogen-bond acceptors (Lipinski definition) is 5. The first-order valence-corrected chi connectivity index (χ1v) is 11.6. The Kier molecular flexibility index (Phi) is 9.33. The van der Waals surface area contributed by atoms with Crippen molar-refractivity contribution in [1.82, 2.24) is 10.6 Å². The normalized spacial score (nSPS) is 11.3. The molecule has 0 bridgehead atoms. The van der Waals surface area contributed by atoms with Crippen molar-refractivity contribution in [3.05, 3.63) is 102 Å². The van der Waals surface area contributed by atoms with Crippen LogP contribution in [0.15, 0.2) is 84.9 Å². The van der Waals surface area contributed by atoms with Gasteiger partial charge in [0.1, 0.15) is 0 Å². The maximum Gasteiger partial charge on any atom is 0.333 e. The van der Waals surface area contributed by atoms with Crippen LogP contribution in [0.3, 0.4) is 0 Å². The van der Waals surface area contributed by atoms with Crippen LogP contribution in [0.1, 0.15) is 46.2 Å². The summed E-state index contributed by atoms with van der Waals surface area (Å²) in [4.78, 5) is 50.6. The lowest BCUT2D eigenvalue weighted by Gasteiger charge is -2.18. The third-order valence-electron chi connectivity index (χ3n) is 5.14. The van der Waals surface area contributed by atoms with E-state index >= 15 is 0 Å². The summed E-state index contributed by atoms with van der Waals surface area (Å²) in [5, 5.41) is 8.10. The van der Waals surface area contributed by atoms with Crippen LogP contribution in [0.25, 0.3) is 0 Å². The minimum absolute atomic E-state index is 0.273. The Balaban J connectivity index is 1.65. The molecule has 0 heterocycles. The fraction of sp³-hybridized carbons (Fsp3) is 0.214. The SMILES string of the molecule is CC(C)CNC(=O)c1ccccc1NC(=O)COC(=O)C(NC(=O)c1ccccc1)c1ccccc1. The van der Waals surface area contributed by atoms with Gasteiger partial charge in [-0.2, -0.15) is 0 Å². The molecule has 1 unspecified atom stereocenters. The molecular formula is C28H29N3O5. The monoisotopic (exact) mass is 487 g/mol. The Labute approximate surface area is 210 Å². The van der Waals surface area contributed by atoms with Gasteiger partial charge in [0.15, 0.2) is 12.6 Å². The van der Waals surface area contributed by atoms with Crippen LogP contribution >= 0.6 is 0 Å². The summed E-state index contributed by atoms with van der Waals surface area (Å²) >= 11 is 0. The molecule has 186 valence electrons. The van der Waals surface area contributed by atoms with E-state index in [4.69, 9.17) is 4.74 Å². The summed E-state index contributed by atoms with van der Waals surface area (Å²) in [6.07, 6.45) is 0. The zero-order valence-electron chi connectivity index (χ0n) is 20.2. The van der Waals surface area contributed by atoms with Gasteiger partial charge in [0.2, 0.25) is 0 Å². The van der Waals surface area contributed by atoms with E-state index in [9.17, 15) is 19.2 Å². The Morgan fingerprint density at radius 2 is 1.39 bits per heavy atom. The van der Waals surface area contributed by atoms with Gasteiger partial charge in [-0.25, -0.2) is 4.79 Å². The number of nitrogens with one attached hydrogen (secondary N) is 3. The Bertz CT molecular complexity index is 1200. The fourth-order valence-electron chi connectivity index (χ4n) is 3.32. The van der Waals surface area contributed by atoms with Gasteiger partial charge in [-0.15, -0.1) is 0 Å². The van der Waals surface area contributed by atoms with Gasteiger partial charge in [-0.3, -0.25) is 14.4 Å². The van der Waals surface area contributed by atoms with Crippen LogP contribution in [0.5, 0.6) is 0 Å². The molecule has 3 rings (SSSR count). The lowest BCUT2D eigenvalue weighted by atomic mass is 10.1. The number of amides is 3. The van der Waals surface area contributed by atoms with Crippen molar-refractivity contribution >= 4 is 29.4 Å². The van der Waals surface area contributed by atoms with Gasteiger partial charge in [0.25, 0.3) is 17.7 Å². The summed E-state index contributed by atoms with van der Waals surface area (Å²) in [5.41, 5.74) is 1.50. The van der Waals surface area contributed by atoms with E-state index in [1.165, 1.54) is 0 Å².